The maximum absolute atomic E-state index is 12.8. The van der Waals surface area contributed by atoms with Crippen LogP contribution in [0.25, 0.3) is 0 Å². The van der Waals surface area contributed by atoms with E-state index in [2.05, 4.69) is 5.32 Å². The minimum atomic E-state index is -4.38. The second kappa shape index (κ2) is 6.05. The highest BCUT2D eigenvalue weighted by molar-refractivity contribution is 5.81. The monoisotopic (exact) mass is 300 g/mol. The van der Waals surface area contributed by atoms with Crippen molar-refractivity contribution in [3.8, 4) is 0 Å². The Kier molecular flexibility index (Phi) is 4.56. The van der Waals surface area contributed by atoms with E-state index in [-0.39, 0.29) is 18.5 Å². The molecule has 2 rings (SSSR count). The van der Waals surface area contributed by atoms with Crippen molar-refractivity contribution in [3.63, 3.8) is 0 Å². The van der Waals surface area contributed by atoms with Crippen LogP contribution in [-0.4, -0.2) is 23.4 Å². The standard InChI is InChI=1S/C15H19F3N2O/c1-3-5-10(2)20-13(21)9-19-14(20)11-6-4-7-12(8-11)15(16,17)18/h4,6-8,10,14,19H,3,5,9H2,1-2H3. The smallest absolute Gasteiger partial charge is 0.319 e. The lowest BCUT2D eigenvalue weighted by atomic mass is 10.1. The van der Waals surface area contributed by atoms with Crippen molar-refractivity contribution in [2.24, 2.45) is 0 Å². The molecule has 1 aliphatic rings. The van der Waals surface area contributed by atoms with Crippen molar-refractivity contribution < 1.29 is 18.0 Å². The van der Waals surface area contributed by atoms with Gasteiger partial charge in [0.25, 0.3) is 0 Å². The summed E-state index contributed by atoms with van der Waals surface area (Å²) in [6, 6.07) is 5.15. The van der Waals surface area contributed by atoms with Gasteiger partial charge in [0.05, 0.1) is 12.1 Å². The van der Waals surface area contributed by atoms with Crippen LogP contribution in [0.5, 0.6) is 0 Å². The van der Waals surface area contributed by atoms with Crippen molar-refractivity contribution in [2.75, 3.05) is 6.54 Å². The highest BCUT2D eigenvalue weighted by Crippen LogP contribution is 2.33. The highest BCUT2D eigenvalue weighted by atomic mass is 19.4. The molecule has 2 unspecified atom stereocenters. The van der Waals surface area contributed by atoms with E-state index in [0.717, 1.165) is 25.0 Å². The predicted octanol–water partition coefficient (Wildman–Crippen LogP) is 3.32. The van der Waals surface area contributed by atoms with Crippen LogP contribution in [0, 0.1) is 0 Å². The van der Waals surface area contributed by atoms with E-state index >= 15 is 0 Å². The number of halogens is 3. The fourth-order valence-corrected chi connectivity index (χ4v) is 2.74. The molecular formula is C15H19F3N2O. The van der Waals surface area contributed by atoms with Crippen molar-refractivity contribution in [1.29, 1.82) is 0 Å². The number of amides is 1. The molecule has 1 N–H and O–H groups in total. The van der Waals surface area contributed by atoms with E-state index in [0.29, 0.717) is 5.56 Å². The lowest BCUT2D eigenvalue weighted by molar-refractivity contribution is -0.137. The molecule has 0 bridgehead atoms. The van der Waals surface area contributed by atoms with Crippen molar-refractivity contribution in [3.05, 3.63) is 35.4 Å². The number of nitrogens with zero attached hydrogens (tertiary/aromatic N) is 1. The average Bonchev–Trinajstić information content (AvgIpc) is 2.80. The summed E-state index contributed by atoms with van der Waals surface area (Å²) < 4.78 is 38.4. The number of hydrogen-bond acceptors (Lipinski definition) is 2. The van der Waals surface area contributed by atoms with Gasteiger partial charge in [0.2, 0.25) is 5.91 Å². The van der Waals surface area contributed by atoms with E-state index in [1.165, 1.54) is 6.07 Å². The van der Waals surface area contributed by atoms with Crippen molar-refractivity contribution in [2.45, 2.75) is 45.1 Å². The molecule has 1 fully saturated rings. The van der Waals surface area contributed by atoms with Crippen LogP contribution >= 0.6 is 0 Å². The summed E-state index contributed by atoms with van der Waals surface area (Å²) in [6.07, 6.45) is -3.12. The van der Waals surface area contributed by atoms with Crippen molar-refractivity contribution >= 4 is 5.91 Å². The molecule has 1 aromatic carbocycles. The van der Waals surface area contributed by atoms with Gasteiger partial charge >= 0.3 is 6.18 Å². The molecule has 1 aromatic rings. The second-order valence-corrected chi connectivity index (χ2v) is 5.35. The number of alkyl halides is 3. The maximum atomic E-state index is 12.8. The second-order valence-electron chi connectivity index (χ2n) is 5.35. The molecule has 116 valence electrons. The molecule has 0 aromatic heterocycles. The number of carbonyl (C=O) groups excluding carboxylic acids is 1. The lowest BCUT2D eigenvalue weighted by Crippen LogP contribution is -2.37. The molecule has 0 radical (unpaired) electrons. The molecule has 0 saturated carbocycles. The third-order valence-corrected chi connectivity index (χ3v) is 3.72. The average molecular weight is 300 g/mol. The first kappa shape index (κ1) is 15.8. The van der Waals surface area contributed by atoms with Crippen molar-refractivity contribution in [1.82, 2.24) is 10.2 Å². The number of carbonyl (C=O) groups is 1. The molecule has 2 atom stereocenters. The zero-order valence-electron chi connectivity index (χ0n) is 12.1. The number of nitrogens with one attached hydrogen (secondary N) is 1. The third kappa shape index (κ3) is 3.37. The molecule has 0 aliphatic carbocycles. The Balaban J connectivity index is 2.30. The Labute approximate surface area is 122 Å². The summed E-state index contributed by atoms with van der Waals surface area (Å²) in [7, 11) is 0. The van der Waals surface area contributed by atoms with Gasteiger partial charge in [-0.25, -0.2) is 0 Å². The van der Waals surface area contributed by atoms with Gasteiger partial charge in [-0.05, 0) is 31.0 Å². The first-order valence-corrected chi connectivity index (χ1v) is 7.06. The number of rotatable bonds is 4. The molecule has 1 amide bonds. The molecule has 0 spiro atoms. The maximum Gasteiger partial charge on any atom is 0.416 e. The fourth-order valence-electron chi connectivity index (χ4n) is 2.74. The summed E-state index contributed by atoms with van der Waals surface area (Å²) >= 11 is 0. The lowest BCUT2D eigenvalue weighted by Gasteiger charge is -2.31. The van der Waals surface area contributed by atoms with Gasteiger partial charge < -0.3 is 4.90 Å². The van der Waals surface area contributed by atoms with Crippen LogP contribution in [0.4, 0.5) is 13.2 Å². The summed E-state index contributed by atoms with van der Waals surface area (Å²) in [5.41, 5.74) is -0.220. The van der Waals surface area contributed by atoms with Gasteiger partial charge in [-0.1, -0.05) is 25.5 Å². The van der Waals surface area contributed by atoms with Crippen LogP contribution < -0.4 is 5.32 Å². The Morgan fingerprint density at radius 3 is 2.76 bits per heavy atom. The summed E-state index contributed by atoms with van der Waals surface area (Å²) in [5, 5.41) is 3.00. The van der Waals surface area contributed by atoms with E-state index in [4.69, 9.17) is 0 Å². The predicted molar refractivity (Wildman–Crippen MR) is 73.4 cm³/mol. The third-order valence-electron chi connectivity index (χ3n) is 3.72. The highest BCUT2D eigenvalue weighted by Gasteiger charge is 2.36. The van der Waals surface area contributed by atoms with Gasteiger partial charge in [-0.2, -0.15) is 13.2 Å². The molecule has 21 heavy (non-hydrogen) atoms. The Hall–Kier alpha value is -1.56. The van der Waals surface area contributed by atoms with Gasteiger partial charge in [-0.3, -0.25) is 10.1 Å². The van der Waals surface area contributed by atoms with Gasteiger partial charge in [0.1, 0.15) is 6.17 Å². The quantitative estimate of drug-likeness (QED) is 0.925. The van der Waals surface area contributed by atoms with Gasteiger partial charge in [0.15, 0.2) is 0 Å². The van der Waals surface area contributed by atoms with E-state index in [1.807, 2.05) is 13.8 Å². The van der Waals surface area contributed by atoms with E-state index in [9.17, 15) is 18.0 Å². The van der Waals surface area contributed by atoms with Gasteiger partial charge in [0, 0.05) is 6.04 Å². The molecular weight excluding hydrogens is 281 g/mol. The van der Waals surface area contributed by atoms with Crippen LogP contribution in [0.2, 0.25) is 0 Å². The molecule has 3 nitrogen and oxygen atoms in total. The van der Waals surface area contributed by atoms with Crippen LogP contribution in [0.15, 0.2) is 24.3 Å². The van der Waals surface area contributed by atoms with E-state index < -0.39 is 17.9 Å². The first-order chi connectivity index (χ1) is 9.84. The molecule has 1 saturated heterocycles. The molecule has 1 aliphatic heterocycles. The van der Waals surface area contributed by atoms with Crippen LogP contribution in [0.1, 0.15) is 44.0 Å². The minimum absolute atomic E-state index is 0.00274. The summed E-state index contributed by atoms with van der Waals surface area (Å²) in [6.45, 7) is 4.10. The van der Waals surface area contributed by atoms with E-state index in [1.54, 1.807) is 11.0 Å². The fraction of sp³-hybridized carbons (Fsp3) is 0.533. The van der Waals surface area contributed by atoms with Crippen LogP contribution in [0.3, 0.4) is 0 Å². The first-order valence-electron chi connectivity index (χ1n) is 7.06. The zero-order chi connectivity index (χ0) is 15.6. The summed E-state index contributed by atoms with van der Waals surface area (Å²) in [4.78, 5) is 13.6. The number of benzene rings is 1. The summed E-state index contributed by atoms with van der Waals surface area (Å²) in [5.74, 6) is -0.0710. The Morgan fingerprint density at radius 1 is 1.43 bits per heavy atom. The molecule has 1 heterocycles. The SMILES string of the molecule is CCCC(C)N1C(=O)CNC1c1cccc(C(F)(F)F)c1. The largest absolute Gasteiger partial charge is 0.416 e. The Bertz CT molecular complexity index is 516. The minimum Gasteiger partial charge on any atom is -0.319 e. The zero-order valence-corrected chi connectivity index (χ0v) is 12.1. The number of hydrogen-bond donors (Lipinski definition) is 1. The normalized spacial score (nSPS) is 20.9. The topological polar surface area (TPSA) is 32.3 Å². The molecule has 6 heteroatoms. The Morgan fingerprint density at radius 2 is 2.14 bits per heavy atom. The van der Waals surface area contributed by atoms with Gasteiger partial charge in [-0.15, -0.1) is 0 Å². The van der Waals surface area contributed by atoms with Crippen LogP contribution in [-0.2, 0) is 11.0 Å².